The van der Waals surface area contributed by atoms with E-state index in [4.69, 9.17) is 0 Å². The Bertz CT molecular complexity index is 536. The van der Waals surface area contributed by atoms with Gasteiger partial charge in [0.15, 0.2) is 0 Å². The Labute approximate surface area is 152 Å². The first-order valence-corrected chi connectivity index (χ1v) is 9.75. The lowest BCUT2D eigenvalue weighted by Crippen LogP contribution is -2.40. The minimum Gasteiger partial charge on any atom is -0.392 e. The van der Waals surface area contributed by atoms with Crippen LogP contribution >= 0.6 is 0 Å². The van der Waals surface area contributed by atoms with Gasteiger partial charge in [-0.25, -0.2) is 0 Å². The van der Waals surface area contributed by atoms with Crippen LogP contribution in [0.1, 0.15) is 68.8 Å². The third-order valence-electron chi connectivity index (χ3n) is 4.84. The molecule has 4 nitrogen and oxygen atoms in total. The predicted octanol–water partition coefficient (Wildman–Crippen LogP) is 3.59. The fourth-order valence-electron chi connectivity index (χ4n) is 3.57. The predicted molar refractivity (Wildman–Crippen MR) is 103 cm³/mol. The molecule has 1 aliphatic carbocycles. The Hall–Kier alpha value is -1.39. The quantitative estimate of drug-likeness (QED) is 0.756. The van der Waals surface area contributed by atoms with Gasteiger partial charge < -0.3 is 10.4 Å². The molecule has 140 valence electrons. The highest BCUT2D eigenvalue weighted by Gasteiger charge is 2.22. The molecule has 0 aliphatic heterocycles. The Morgan fingerprint density at radius 3 is 2.60 bits per heavy atom. The normalized spacial score (nSPS) is 17.0. The molecule has 0 heterocycles. The lowest BCUT2D eigenvalue weighted by molar-refractivity contribution is 0.0768. The third-order valence-corrected chi connectivity index (χ3v) is 4.84. The van der Waals surface area contributed by atoms with E-state index in [9.17, 15) is 9.90 Å². The molecule has 4 heteroatoms. The van der Waals surface area contributed by atoms with Crippen LogP contribution in [0.15, 0.2) is 24.3 Å². The van der Waals surface area contributed by atoms with Crippen LogP contribution in [-0.4, -0.2) is 41.1 Å². The number of nitrogens with zero attached hydrogens (tertiary/aromatic N) is 1. The summed E-state index contributed by atoms with van der Waals surface area (Å²) in [6, 6.07) is 8.45. The van der Waals surface area contributed by atoms with Crippen molar-refractivity contribution in [2.75, 3.05) is 13.1 Å². The monoisotopic (exact) mass is 346 g/mol. The zero-order valence-corrected chi connectivity index (χ0v) is 16.0. The van der Waals surface area contributed by atoms with Crippen LogP contribution in [0.5, 0.6) is 0 Å². The smallest absolute Gasteiger partial charge is 0.251 e. The molecule has 1 unspecified atom stereocenters. The van der Waals surface area contributed by atoms with Crippen LogP contribution in [0, 0.1) is 5.92 Å². The Kier molecular flexibility index (Phi) is 7.91. The molecular weight excluding hydrogens is 312 g/mol. The molecule has 25 heavy (non-hydrogen) atoms. The van der Waals surface area contributed by atoms with Gasteiger partial charge in [0.25, 0.3) is 5.91 Å². The van der Waals surface area contributed by atoms with Crippen molar-refractivity contribution in [2.45, 2.75) is 71.6 Å². The van der Waals surface area contributed by atoms with Crippen molar-refractivity contribution in [1.29, 1.82) is 0 Å². The van der Waals surface area contributed by atoms with Crippen molar-refractivity contribution >= 4 is 5.91 Å². The molecule has 1 aliphatic rings. The molecular formula is C21H34N2O2. The van der Waals surface area contributed by atoms with Crippen LogP contribution in [0.2, 0.25) is 0 Å². The molecule has 1 amide bonds. The number of rotatable bonds is 8. The van der Waals surface area contributed by atoms with Gasteiger partial charge in [-0.3, -0.25) is 9.69 Å². The van der Waals surface area contributed by atoms with E-state index in [0.717, 1.165) is 17.7 Å². The van der Waals surface area contributed by atoms with Crippen molar-refractivity contribution in [3.05, 3.63) is 35.4 Å². The van der Waals surface area contributed by atoms with Crippen molar-refractivity contribution in [3.63, 3.8) is 0 Å². The molecule has 1 fully saturated rings. The van der Waals surface area contributed by atoms with Gasteiger partial charge in [0.05, 0.1) is 6.10 Å². The third kappa shape index (κ3) is 6.79. The summed E-state index contributed by atoms with van der Waals surface area (Å²) in [5.74, 6) is 0.440. The van der Waals surface area contributed by atoms with E-state index in [2.05, 4.69) is 30.1 Å². The van der Waals surface area contributed by atoms with Crippen LogP contribution in [0.4, 0.5) is 0 Å². The number of carbonyl (C=O) groups excluding carboxylic acids is 1. The molecule has 0 saturated heterocycles. The highest BCUT2D eigenvalue weighted by Crippen LogP contribution is 2.24. The number of aliphatic hydroxyl groups is 1. The van der Waals surface area contributed by atoms with Crippen LogP contribution in [0.3, 0.4) is 0 Å². The first-order chi connectivity index (χ1) is 12.0. The zero-order chi connectivity index (χ0) is 18.2. The largest absolute Gasteiger partial charge is 0.392 e. The first-order valence-electron chi connectivity index (χ1n) is 9.75. The number of amides is 1. The summed E-state index contributed by atoms with van der Waals surface area (Å²) in [4.78, 5) is 14.7. The zero-order valence-electron chi connectivity index (χ0n) is 16.0. The molecule has 0 bridgehead atoms. The summed E-state index contributed by atoms with van der Waals surface area (Å²) in [7, 11) is 0. The van der Waals surface area contributed by atoms with E-state index < -0.39 is 0 Å². The molecule has 1 saturated carbocycles. The minimum atomic E-state index is -0.334. The first kappa shape index (κ1) is 19.9. The van der Waals surface area contributed by atoms with Crippen molar-refractivity contribution in [2.24, 2.45) is 5.92 Å². The van der Waals surface area contributed by atoms with Gasteiger partial charge in [-0.15, -0.1) is 0 Å². The molecule has 0 aromatic heterocycles. The van der Waals surface area contributed by atoms with Gasteiger partial charge in [0.1, 0.15) is 0 Å². The fourth-order valence-corrected chi connectivity index (χ4v) is 3.57. The van der Waals surface area contributed by atoms with E-state index >= 15 is 0 Å². The minimum absolute atomic E-state index is 0.00436. The number of nitrogens with one attached hydrogen (secondary N) is 1. The van der Waals surface area contributed by atoms with Gasteiger partial charge in [-0.05, 0) is 43.4 Å². The van der Waals surface area contributed by atoms with Crippen LogP contribution < -0.4 is 5.32 Å². The second-order valence-corrected chi connectivity index (χ2v) is 7.87. The molecule has 1 aromatic rings. The molecule has 0 radical (unpaired) electrons. The van der Waals surface area contributed by atoms with Crippen molar-refractivity contribution in [3.8, 4) is 0 Å². The molecule has 1 atom stereocenters. The average Bonchev–Trinajstić information content (AvgIpc) is 2.59. The van der Waals surface area contributed by atoms with E-state index in [-0.39, 0.29) is 12.0 Å². The Morgan fingerprint density at radius 1 is 1.24 bits per heavy atom. The summed E-state index contributed by atoms with van der Waals surface area (Å²) in [6.07, 6.45) is 5.96. The lowest BCUT2D eigenvalue weighted by atomic mass is 9.93. The van der Waals surface area contributed by atoms with E-state index in [1.165, 1.54) is 32.1 Å². The molecule has 2 N–H and O–H groups in total. The van der Waals surface area contributed by atoms with Gasteiger partial charge in [0.2, 0.25) is 0 Å². The summed E-state index contributed by atoms with van der Waals surface area (Å²) in [5.41, 5.74) is 1.86. The SMILES string of the molecule is CC(C)CNC(=O)c1cccc(CN(CC(C)O)C2CCCCC2)c1. The van der Waals surface area contributed by atoms with Crippen molar-refractivity contribution < 1.29 is 9.90 Å². The number of hydrogen-bond acceptors (Lipinski definition) is 3. The molecule has 1 aromatic carbocycles. The van der Waals surface area contributed by atoms with Gasteiger partial charge >= 0.3 is 0 Å². The van der Waals surface area contributed by atoms with Crippen LogP contribution in [0.25, 0.3) is 0 Å². The van der Waals surface area contributed by atoms with E-state index in [1.807, 2.05) is 25.1 Å². The average molecular weight is 347 g/mol. The lowest BCUT2D eigenvalue weighted by Gasteiger charge is -2.35. The number of benzene rings is 1. The maximum absolute atomic E-state index is 12.3. The number of aliphatic hydroxyl groups excluding tert-OH is 1. The summed E-state index contributed by atoms with van der Waals surface area (Å²) >= 11 is 0. The summed E-state index contributed by atoms with van der Waals surface area (Å²) < 4.78 is 0. The maximum atomic E-state index is 12.3. The fraction of sp³-hybridized carbons (Fsp3) is 0.667. The number of carbonyl (C=O) groups is 1. The van der Waals surface area contributed by atoms with Gasteiger partial charge in [-0.1, -0.05) is 45.2 Å². The van der Waals surface area contributed by atoms with Gasteiger partial charge in [-0.2, -0.15) is 0 Å². The highest BCUT2D eigenvalue weighted by atomic mass is 16.3. The van der Waals surface area contributed by atoms with Crippen molar-refractivity contribution in [1.82, 2.24) is 10.2 Å². The summed E-state index contributed by atoms with van der Waals surface area (Å²) in [5, 5.41) is 12.9. The highest BCUT2D eigenvalue weighted by molar-refractivity contribution is 5.94. The topological polar surface area (TPSA) is 52.6 Å². The maximum Gasteiger partial charge on any atom is 0.251 e. The Balaban J connectivity index is 2.05. The second-order valence-electron chi connectivity index (χ2n) is 7.87. The number of hydrogen-bond donors (Lipinski definition) is 2. The Morgan fingerprint density at radius 2 is 1.96 bits per heavy atom. The van der Waals surface area contributed by atoms with Gasteiger partial charge in [0, 0.05) is 31.2 Å². The second kappa shape index (κ2) is 9.93. The molecule has 2 rings (SSSR count). The summed E-state index contributed by atoms with van der Waals surface area (Å²) in [6.45, 7) is 8.21. The van der Waals surface area contributed by atoms with E-state index in [0.29, 0.717) is 25.0 Å². The van der Waals surface area contributed by atoms with E-state index in [1.54, 1.807) is 0 Å². The standard InChI is InChI=1S/C21H34N2O2/c1-16(2)13-22-21(25)19-9-7-8-18(12-19)15-23(14-17(3)24)20-10-5-4-6-11-20/h7-9,12,16-17,20,24H,4-6,10-11,13-15H2,1-3H3,(H,22,25). The molecule has 0 spiro atoms. The van der Waals surface area contributed by atoms with Crippen LogP contribution in [-0.2, 0) is 6.54 Å².